The average molecular weight is 423 g/mol. The number of non-ortho nitro benzene ring substituents is 1. The summed E-state index contributed by atoms with van der Waals surface area (Å²) in [6, 6.07) is 8.67. The van der Waals surface area contributed by atoms with Crippen LogP contribution in [0.4, 0.5) is 10.1 Å². The third kappa shape index (κ3) is 4.15. The molecular formula is C17H14FN3O5S2. The van der Waals surface area contributed by atoms with Crippen LogP contribution in [0.5, 0.6) is 0 Å². The van der Waals surface area contributed by atoms with E-state index in [1.165, 1.54) is 12.1 Å². The maximum absolute atomic E-state index is 12.9. The molecule has 0 unspecified atom stereocenters. The summed E-state index contributed by atoms with van der Waals surface area (Å²) in [4.78, 5) is 26.7. The number of hydrogen-bond donors (Lipinski definition) is 0. The van der Waals surface area contributed by atoms with Crippen LogP contribution >= 0.6 is 11.3 Å². The number of aryl methyl sites for hydroxylation is 1. The molecule has 0 spiro atoms. The first-order valence-electron chi connectivity index (χ1n) is 7.97. The van der Waals surface area contributed by atoms with Crippen LogP contribution < -0.4 is 4.80 Å². The van der Waals surface area contributed by atoms with Crippen LogP contribution in [0.3, 0.4) is 0 Å². The smallest absolute Gasteiger partial charge is 0.270 e. The lowest BCUT2D eigenvalue weighted by molar-refractivity contribution is -0.384. The molecule has 3 aromatic rings. The number of aromatic nitrogens is 1. The lowest BCUT2D eigenvalue weighted by atomic mass is 10.3. The first-order chi connectivity index (χ1) is 13.2. The number of nitro benzene ring substituents is 1. The van der Waals surface area contributed by atoms with Gasteiger partial charge < -0.3 is 4.57 Å². The Morgan fingerprint density at radius 1 is 1.25 bits per heavy atom. The highest BCUT2D eigenvalue weighted by atomic mass is 32.2. The molecule has 0 atom stereocenters. The van der Waals surface area contributed by atoms with Gasteiger partial charge in [0.25, 0.3) is 5.69 Å². The molecule has 3 rings (SSSR count). The van der Waals surface area contributed by atoms with Crippen molar-refractivity contribution in [1.82, 2.24) is 4.57 Å². The molecule has 0 aliphatic heterocycles. The minimum atomic E-state index is -3.74. The molecule has 1 heterocycles. The van der Waals surface area contributed by atoms with Gasteiger partial charge in [-0.05, 0) is 30.3 Å². The van der Waals surface area contributed by atoms with E-state index >= 15 is 0 Å². The van der Waals surface area contributed by atoms with Crippen molar-refractivity contribution in [3.8, 4) is 0 Å². The molecule has 28 heavy (non-hydrogen) atoms. The molecule has 8 nitrogen and oxygen atoms in total. The van der Waals surface area contributed by atoms with Crippen molar-refractivity contribution in [3.63, 3.8) is 0 Å². The minimum Gasteiger partial charge on any atom is -0.319 e. The summed E-state index contributed by atoms with van der Waals surface area (Å²) < 4.78 is 39.6. The topological polar surface area (TPSA) is 112 Å². The van der Waals surface area contributed by atoms with Crippen LogP contribution in [0.25, 0.3) is 10.2 Å². The number of rotatable bonds is 5. The van der Waals surface area contributed by atoms with Crippen molar-refractivity contribution < 1.29 is 22.5 Å². The Hall–Kier alpha value is -2.92. The van der Waals surface area contributed by atoms with Crippen molar-refractivity contribution in [1.29, 1.82) is 0 Å². The van der Waals surface area contributed by atoms with Crippen molar-refractivity contribution >= 4 is 43.0 Å². The monoisotopic (exact) mass is 423 g/mol. The molecule has 0 aliphatic rings. The van der Waals surface area contributed by atoms with Crippen LogP contribution in [0.2, 0.25) is 0 Å². The van der Waals surface area contributed by atoms with E-state index in [1.54, 1.807) is 17.7 Å². The number of hydrogen-bond acceptors (Lipinski definition) is 6. The molecule has 0 radical (unpaired) electrons. The maximum Gasteiger partial charge on any atom is 0.270 e. The predicted molar refractivity (Wildman–Crippen MR) is 101 cm³/mol. The Bertz CT molecular complexity index is 1240. The average Bonchev–Trinajstić information content (AvgIpc) is 2.95. The second kappa shape index (κ2) is 7.60. The van der Waals surface area contributed by atoms with Gasteiger partial charge in [-0.1, -0.05) is 11.3 Å². The van der Waals surface area contributed by atoms with Gasteiger partial charge in [-0.3, -0.25) is 14.9 Å². The largest absolute Gasteiger partial charge is 0.319 e. The van der Waals surface area contributed by atoms with Gasteiger partial charge in [0, 0.05) is 25.6 Å². The normalized spacial score (nSPS) is 12.4. The zero-order valence-corrected chi connectivity index (χ0v) is 16.2. The van der Waals surface area contributed by atoms with Crippen LogP contribution in [0.15, 0.2) is 52.4 Å². The fourth-order valence-corrected chi connectivity index (χ4v) is 4.79. The van der Waals surface area contributed by atoms with E-state index in [9.17, 15) is 27.7 Å². The van der Waals surface area contributed by atoms with E-state index in [4.69, 9.17) is 0 Å². The van der Waals surface area contributed by atoms with E-state index in [-0.39, 0.29) is 17.0 Å². The SMILES string of the molecule is Cn1c(=NC(=O)CCS(=O)(=O)c2ccc(F)cc2)sc2cc([N+](=O)[O-])ccc21. The maximum atomic E-state index is 12.9. The van der Waals surface area contributed by atoms with Crippen LogP contribution in [0, 0.1) is 15.9 Å². The van der Waals surface area contributed by atoms with E-state index in [0.717, 1.165) is 35.6 Å². The van der Waals surface area contributed by atoms with Gasteiger partial charge in [-0.2, -0.15) is 4.99 Å². The minimum absolute atomic E-state index is 0.0681. The molecule has 0 fully saturated rings. The Balaban J connectivity index is 1.81. The fraction of sp³-hybridized carbons (Fsp3) is 0.176. The number of halogens is 1. The van der Waals surface area contributed by atoms with E-state index in [2.05, 4.69) is 4.99 Å². The van der Waals surface area contributed by atoms with Gasteiger partial charge in [0.15, 0.2) is 14.6 Å². The quantitative estimate of drug-likeness (QED) is 0.356. The number of nitro groups is 1. The molecule has 0 saturated carbocycles. The van der Waals surface area contributed by atoms with Crippen LogP contribution in [-0.2, 0) is 21.7 Å². The third-order valence-electron chi connectivity index (χ3n) is 3.98. The number of carbonyl (C=O) groups excluding carboxylic acids is 1. The lowest BCUT2D eigenvalue weighted by Gasteiger charge is -2.02. The van der Waals surface area contributed by atoms with E-state index < -0.39 is 32.2 Å². The number of sulfone groups is 1. The van der Waals surface area contributed by atoms with Gasteiger partial charge in [-0.25, -0.2) is 12.8 Å². The molecule has 2 aromatic carbocycles. The predicted octanol–water partition coefficient (Wildman–Crippen LogP) is 2.58. The molecule has 1 aromatic heterocycles. The molecule has 1 amide bonds. The second-order valence-corrected chi connectivity index (χ2v) is 9.00. The second-order valence-electron chi connectivity index (χ2n) is 5.88. The van der Waals surface area contributed by atoms with Gasteiger partial charge in [-0.15, -0.1) is 0 Å². The Labute approximate surface area is 162 Å². The summed E-state index contributed by atoms with van der Waals surface area (Å²) in [6.45, 7) is 0. The highest BCUT2D eigenvalue weighted by Gasteiger charge is 2.17. The zero-order chi connectivity index (χ0) is 20.5. The zero-order valence-electron chi connectivity index (χ0n) is 14.5. The Morgan fingerprint density at radius 2 is 1.93 bits per heavy atom. The molecule has 0 N–H and O–H groups in total. The molecule has 0 aliphatic carbocycles. The number of benzene rings is 2. The van der Waals surface area contributed by atoms with Crippen molar-refractivity contribution in [2.75, 3.05) is 5.75 Å². The van der Waals surface area contributed by atoms with Crippen molar-refractivity contribution in [2.45, 2.75) is 11.3 Å². The third-order valence-corrected chi connectivity index (χ3v) is 6.81. The van der Waals surface area contributed by atoms with E-state index in [0.29, 0.717) is 15.0 Å². The van der Waals surface area contributed by atoms with E-state index in [1.807, 2.05) is 0 Å². The van der Waals surface area contributed by atoms with Gasteiger partial charge in [0.05, 0.1) is 25.8 Å². The first-order valence-corrected chi connectivity index (χ1v) is 10.4. The summed E-state index contributed by atoms with van der Waals surface area (Å²) in [6.07, 6.45) is -0.339. The number of carbonyl (C=O) groups is 1. The Kier molecular flexibility index (Phi) is 5.38. The first kappa shape index (κ1) is 19.8. The summed E-state index contributed by atoms with van der Waals surface area (Å²) in [5.74, 6) is -1.65. The Morgan fingerprint density at radius 3 is 2.57 bits per heavy atom. The molecule has 11 heteroatoms. The number of amides is 1. The van der Waals surface area contributed by atoms with Crippen LogP contribution in [0.1, 0.15) is 6.42 Å². The van der Waals surface area contributed by atoms with Gasteiger partial charge >= 0.3 is 0 Å². The fourth-order valence-electron chi connectivity index (χ4n) is 2.49. The van der Waals surface area contributed by atoms with Crippen molar-refractivity contribution in [2.24, 2.45) is 12.0 Å². The number of nitrogens with zero attached hydrogens (tertiary/aromatic N) is 3. The molecule has 146 valence electrons. The van der Waals surface area contributed by atoms with Gasteiger partial charge in [0.1, 0.15) is 5.82 Å². The lowest BCUT2D eigenvalue weighted by Crippen LogP contribution is -2.15. The summed E-state index contributed by atoms with van der Waals surface area (Å²) in [5, 5.41) is 10.9. The number of fused-ring (bicyclic) bond motifs is 1. The molecule has 0 bridgehead atoms. The molecule has 0 saturated heterocycles. The van der Waals surface area contributed by atoms with Crippen LogP contribution in [-0.4, -0.2) is 29.6 Å². The summed E-state index contributed by atoms with van der Waals surface area (Å²) in [5.41, 5.74) is 0.596. The summed E-state index contributed by atoms with van der Waals surface area (Å²) in [7, 11) is -2.08. The molecular weight excluding hydrogens is 409 g/mol. The number of thiazole rings is 1. The summed E-state index contributed by atoms with van der Waals surface area (Å²) >= 11 is 1.10. The highest BCUT2D eigenvalue weighted by molar-refractivity contribution is 7.91. The van der Waals surface area contributed by atoms with Crippen molar-refractivity contribution in [3.05, 3.63) is 63.2 Å². The highest BCUT2D eigenvalue weighted by Crippen LogP contribution is 2.22. The van der Waals surface area contributed by atoms with Gasteiger partial charge in [0.2, 0.25) is 5.91 Å². The standard InChI is InChI=1S/C17H14FN3O5S2/c1-20-14-7-4-12(21(23)24)10-15(14)27-17(20)19-16(22)8-9-28(25,26)13-5-2-11(18)3-6-13/h2-7,10H,8-9H2,1H3.